The molecule has 2 aromatic rings. The first-order valence-electron chi connectivity index (χ1n) is 14.2. The average Bonchev–Trinajstić information content (AvgIpc) is 3.67. The van der Waals surface area contributed by atoms with Crippen LogP contribution < -0.4 is 4.74 Å². The number of pyridine rings is 2. The zero-order chi connectivity index (χ0) is 25.6. The Balaban J connectivity index is 1.12. The number of fused-ring (bicyclic) bond motifs is 1. The number of rotatable bonds is 12. The molecule has 2 fully saturated rings. The van der Waals surface area contributed by atoms with Gasteiger partial charge >= 0.3 is 5.97 Å². The van der Waals surface area contributed by atoms with Gasteiger partial charge in [-0.2, -0.15) is 0 Å². The maximum absolute atomic E-state index is 13.1. The van der Waals surface area contributed by atoms with Gasteiger partial charge in [-0.25, -0.2) is 4.79 Å². The molecular weight excluding hydrogens is 466 g/mol. The number of aryl methyl sites for hydroxylation is 2. The Bertz CT molecular complexity index is 1050. The SMILES string of the molecule is CCOC(=O)C(c1cccnc1C1CC1)N1CC[C@@H](OCCCCc2cc(OC)c3c(n2)CCCC3)C1. The second-order valence-corrected chi connectivity index (χ2v) is 10.6. The lowest BCUT2D eigenvalue weighted by molar-refractivity contribution is -0.149. The van der Waals surface area contributed by atoms with Gasteiger partial charge in [-0.1, -0.05) is 6.07 Å². The number of esters is 1. The van der Waals surface area contributed by atoms with E-state index in [1.54, 1.807) is 7.11 Å². The van der Waals surface area contributed by atoms with Crippen LogP contribution in [0.4, 0.5) is 0 Å². The molecule has 1 saturated carbocycles. The third-order valence-corrected chi connectivity index (χ3v) is 7.89. The molecule has 2 atom stereocenters. The molecular formula is C30H41N3O4. The summed E-state index contributed by atoms with van der Waals surface area (Å²) in [7, 11) is 1.76. The van der Waals surface area contributed by atoms with E-state index in [4.69, 9.17) is 19.2 Å². The molecule has 0 N–H and O–H groups in total. The van der Waals surface area contributed by atoms with Crippen LogP contribution in [0.15, 0.2) is 24.4 Å². The Hall–Kier alpha value is -2.51. The zero-order valence-corrected chi connectivity index (χ0v) is 22.4. The van der Waals surface area contributed by atoms with E-state index < -0.39 is 6.04 Å². The molecule has 7 heteroatoms. The van der Waals surface area contributed by atoms with E-state index in [1.807, 2.05) is 19.2 Å². The number of ether oxygens (including phenoxy) is 3. The summed E-state index contributed by atoms with van der Waals surface area (Å²) in [4.78, 5) is 24.9. The van der Waals surface area contributed by atoms with Gasteiger partial charge in [-0.3, -0.25) is 14.9 Å². The number of aromatic nitrogens is 2. The molecule has 3 heterocycles. The van der Waals surface area contributed by atoms with Crippen molar-refractivity contribution in [3.8, 4) is 5.75 Å². The Labute approximate surface area is 220 Å². The number of hydrogen-bond donors (Lipinski definition) is 0. The van der Waals surface area contributed by atoms with E-state index >= 15 is 0 Å². The quantitative estimate of drug-likeness (QED) is 0.297. The molecule has 37 heavy (non-hydrogen) atoms. The number of carbonyl (C=O) groups excluding carboxylic acids is 1. The largest absolute Gasteiger partial charge is 0.496 e. The molecule has 200 valence electrons. The first-order chi connectivity index (χ1) is 18.2. The first kappa shape index (κ1) is 26.1. The summed E-state index contributed by atoms with van der Waals surface area (Å²) in [6, 6.07) is 5.72. The molecule has 0 amide bonds. The van der Waals surface area contributed by atoms with Crippen LogP contribution in [-0.4, -0.2) is 60.4 Å². The molecule has 0 aromatic carbocycles. The second-order valence-electron chi connectivity index (χ2n) is 10.6. The maximum Gasteiger partial charge on any atom is 0.328 e. The smallest absolute Gasteiger partial charge is 0.328 e. The van der Waals surface area contributed by atoms with Crippen molar-refractivity contribution in [2.75, 3.05) is 33.4 Å². The fraction of sp³-hybridized carbons (Fsp3) is 0.633. The van der Waals surface area contributed by atoms with Crippen molar-refractivity contribution < 1.29 is 19.0 Å². The van der Waals surface area contributed by atoms with E-state index in [2.05, 4.69) is 22.0 Å². The standard InChI is InChI=1S/C30H41N3O4/c1-3-36-30(34)29(25-11-8-16-31-28(25)21-13-14-21)33-17-15-23(20-33)37-18-7-6-9-22-19-27(35-2)24-10-4-5-12-26(24)32-22/h8,11,16,19,21,23,29H,3-7,9-10,12-15,17-18,20H2,1-2H3/t23-,29?/m1/s1. The van der Waals surface area contributed by atoms with Gasteiger partial charge in [0.05, 0.1) is 19.8 Å². The predicted molar refractivity (Wildman–Crippen MR) is 142 cm³/mol. The summed E-state index contributed by atoms with van der Waals surface area (Å²) in [5.41, 5.74) is 5.75. The first-order valence-corrected chi connectivity index (χ1v) is 14.2. The topological polar surface area (TPSA) is 73.8 Å². The maximum atomic E-state index is 13.1. The fourth-order valence-corrected chi connectivity index (χ4v) is 5.87. The Morgan fingerprint density at radius 2 is 2.05 bits per heavy atom. The molecule has 0 radical (unpaired) electrons. The molecule has 2 aromatic heterocycles. The molecule has 1 unspecified atom stereocenters. The number of unbranched alkanes of at least 4 members (excludes halogenated alkanes) is 1. The summed E-state index contributed by atoms with van der Waals surface area (Å²) < 4.78 is 17.4. The lowest BCUT2D eigenvalue weighted by Gasteiger charge is -2.27. The lowest BCUT2D eigenvalue weighted by Crippen LogP contribution is -2.35. The van der Waals surface area contributed by atoms with Crippen LogP contribution in [0.1, 0.15) is 92.0 Å². The Morgan fingerprint density at radius 1 is 1.19 bits per heavy atom. The van der Waals surface area contributed by atoms with Gasteiger partial charge < -0.3 is 14.2 Å². The number of hydrogen-bond acceptors (Lipinski definition) is 7. The number of nitrogens with zero attached hydrogens (tertiary/aromatic N) is 3. The van der Waals surface area contributed by atoms with Gasteiger partial charge in [0.2, 0.25) is 0 Å². The third-order valence-electron chi connectivity index (χ3n) is 7.89. The minimum atomic E-state index is -0.400. The van der Waals surface area contributed by atoms with Crippen LogP contribution in [-0.2, 0) is 33.5 Å². The number of methoxy groups -OCH3 is 1. The van der Waals surface area contributed by atoms with Crippen molar-refractivity contribution in [3.05, 3.63) is 52.6 Å². The highest BCUT2D eigenvalue weighted by atomic mass is 16.5. The van der Waals surface area contributed by atoms with Gasteiger partial charge in [-0.15, -0.1) is 0 Å². The molecule has 1 aliphatic heterocycles. The van der Waals surface area contributed by atoms with Gasteiger partial charge in [-0.05, 0) is 77.2 Å². The van der Waals surface area contributed by atoms with Crippen molar-refractivity contribution in [3.63, 3.8) is 0 Å². The fourth-order valence-electron chi connectivity index (χ4n) is 5.87. The van der Waals surface area contributed by atoms with Crippen molar-refractivity contribution in [2.45, 2.75) is 89.2 Å². The van der Waals surface area contributed by atoms with Gasteiger partial charge in [0, 0.05) is 66.1 Å². The summed E-state index contributed by atoms with van der Waals surface area (Å²) in [6.45, 7) is 4.54. The van der Waals surface area contributed by atoms with Crippen LogP contribution in [0.5, 0.6) is 5.75 Å². The molecule has 0 bridgehead atoms. The summed E-state index contributed by atoms with van der Waals surface area (Å²) in [5, 5.41) is 0. The molecule has 0 spiro atoms. The average molecular weight is 508 g/mol. The highest BCUT2D eigenvalue weighted by Gasteiger charge is 2.39. The van der Waals surface area contributed by atoms with E-state index in [1.165, 1.54) is 24.1 Å². The minimum absolute atomic E-state index is 0.139. The van der Waals surface area contributed by atoms with Crippen molar-refractivity contribution in [1.29, 1.82) is 0 Å². The normalized spacial score (nSPS) is 20.4. The van der Waals surface area contributed by atoms with Gasteiger partial charge in [0.25, 0.3) is 0 Å². The zero-order valence-electron chi connectivity index (χ0n) is 22.4. The highest BCUT2D eigenvalue weighted by Crippen LogP contribution is 2.43. The van der Waals surface area contributed by atoms with E-state index in [0.717, 1.165) is 93.8 Å². The molecule has 1 saturated heterocycles. The van der Waals surface area contributed by atoms with Crippen molar-refractivity contribution in [1.82, 2.24) is 14.9 Å². The third kappa shape index (κ3) is 6.32. The summed E-state index contributed by atoms with van der Waals surface area (Å²) >= 11 is 0. The van der Waals surface area contributed by atoms with Crippen LogP contribution in [0, 0.1) is 0 Å². The van der Waals surface area contributed by atoms with Crippen LogP contribution in [0.3, 0.4) is 0 Å². The highest BCUT2D eigenvalue weighted by molar-refractivity contribution is 5.78. The molecule has 5 rings (SSSR count). The second kappa shape index (κ2) is 12.4. The lowest BCUT2D eigenvalue weighted by atomic mass is 9.94. The Morgan fingerprint density at radius 3 is 2.86 bits per heavy atom. The Kier molecular flexibility index (Phi) is 8.72. The molecule has 3 aliphatic rings. The van der Waals surface area contributed by atoms with Crippen molar-refractivity contribution >= 4 is 5.97 Å². The number of likely N-dealkylation sites (tertiary alicyclic amines) is 1. The minimum Gasteiger partial charge on any atom is -0.496 e. The monoisotopic (exact) mass is 507 g/mol. The molecule has 2 aliphatic carbocycles. The van der Waals surface area contributed by atoms with Crippen molar-refractivity contribution in [2.24, 2.45) is 0 Å². The van der Waals surface area contributed by atoms with Gasteiger partial charge in [0.15, 0.2) is 0 Å². The van der Waals surface area contributed by atoms with Crippen LogP contribution in [0.2, 0.25) is 0 Å². The summed E-state index contributed by atoms with van der Waals surface area (Å²) in [5.74, 6) is 1.31. The molecule has 7 nitrogen and oxygen atoms in total. The number of carbonyl (C=O) groups is 1. The predicted octanol–water partition coefficient (Wildman–Crippen LogP) is 4.96. The van der Waals surface area contributed by atoms with Crippen LogP contribution >= 0.6 is 0 Å². The van der Waals surface area contributed by atoms with E-state index in [-0.39, 0.29) is 12.1 Å². The van der Waals surface area contributed by atoms with Crippen LogP contribution in [0.25, 0.3) is 0 Å². The van der Waals surface area contributed by atoms with Gasteiger partial charge in [0.1, 0.15) is 11.8 Å². The van der Waals surface area contributed by atoms with E-state index in [0.29, 0.717) is 12.5 Å². The summed E-state index contributed by atoms with van der Waals surface area (Å²) in [6.07, 6.45) is 12.8. The van der Waals surface area contributed by atoms with E-state index in [9.17, 15) is 4.79 Å².